The Bertz CT molecular complexity index is 905. The first-order valence-corrected chi connectivity index (χ1v) is 6.20. The molecule has 0 bridgehead atoms. The van der Waals surface area contributed by atoms with Crippen LogP contribution in [-0.2, 0) is 0 Å². The summed E-state index contributed by atoms with van der Waals surface area (Å²) in [4.78, 5) is 0. The Labute approximate surface area is 119 Å². The first-order chi connectivity index (χ1) is 10.3. The molecule has 0 aliphatic rings. The molecule has 104 valence electrons. The van der Waals surface area contributed by atoms with E-state index in [9.17, 15) is 4.39 Å². The Morgan fingerprint density at radius 3 is 2.62 bits per heavy atom. The monoisotopic (exact) mass is 283 g/mol. The van der Waals surface area contributed by atoms with Crippen LogP contribution in [0.15, 0.2) is 47.0 Å². The summed E-state index contributed by atoms with van der Waals surface area (Å²) >= 11 is 0. The molecule has 0 unspecified atom stereocenters. The van der Waals surface area contributed by atoms with Gasteiger partial charge in [0.05, 0.1) is 5.39 Å². The van der Waals surface area contributed by atoms with Crippen LogP contribution in [0.3, 0.4) is 0 Å². The van der Waals surface area contributed by atoms with Gasteiger partial charge < -0.3 is 4.52 Å². The highest BCUT2D eigenvalue weighted by molar-refractivity contribution is 5.93. The minimum atomic E-state index is -0.296. The van der Waals surface area contributed by atoms with E-state index in [4.69, 9.17) is 4.52 Å². The zero-order chi connectivity index (χ0) is 14.2. The summed E-state index contributed by atoms with van der Waals surface area (Å²) in [5, 5.41) is 18.7. The van der Waals surface area contributed by atoms with Gasteiger partial charge >= 0.3 is 0 Å². The molecule has 4 aromatic rings. The van der Waals surface area contributed by atoms with Gasteiger partial charge in [0, 0.05) is 12.6 Å². The third-order valence-corrected chi connectivity index (χ3v) is 3.19. The molecule has 2 aromatic heterocycles. The van der Waals surface area contributed by atoms with Crippen molar-refractivity contribution < 1.29 is 10.3 Å². The molecular weight excluding hydrogens is 273 g/mol. The Morgan fingerprint density at radius 1 is 1.05 bits per heavy atom. The maximum absolute atomic E-state index is 13.0. The van der Waals surface area contributed by atoms with E-state index in [2.05, 4.69) is 25.8 Å². The maximum Gasteiger partial charge on any atom is 0.204 e. The van der Waals surface area contributed by atoms with Crippen molar-refractivity contribution in [3.63, 3.8) is 0 Å². The number of rotatable bonds is 2. The lowest BCUT2D eigenvalue weighted by molar-refractivity contribution is 0.441. The van der Waals surface area contributed by atoms with Crippen LogP contribution in [0.2, 0.25) is 0 Å². The first-order valence-electron chi connectivity index (χ1n) is 6.20. The van der Waals surface area contributed by atoms with Crippen molar-refractivity contribution in [1.29, 1.82) is 0 Å². The van der Waals surface area contributed by atoms with E-state index in [1.54, 1.807) is 12.1 Å². The minimum Gasteiger partial charge on any atom is -0.355 e. The normalized spacial score (nSPS) is 11.1. The second-order valence-electron chi connectivity index (χ2n) is 4.49. The maximum atomic E-state index is 13.0. The zero-order valence-electron chi connectivity index (χ0n) is 10.6. The van der Waals surface area contributed by atoms with Crippen molar-refractivity contribution in [1.82, 2.24) is 25.8 Å². The fraction of sp³-hybridized carbons (Fsp3) is 0. The predicted octanol–water partition coefficient (Wildman–Crippen LogP) is 3.06. The number of benzene rings is 2. The molecule has 0 saturated heterocycles. The van der Waals surface area contributed by atoms with Crippen molar-refractivity contribution in [2.24, 2.45) is 0 Å². The summed E-state index contributed by atoms with van der Waals surface area (Å²) in [6.07, 6.45) is 0. The molecule has 0 spiro atoms. The van der Waals surface area contributed by atoms with Crippen molar-refractivity contribution in [2.75, 3.05) is 0 Å². The van der Waals surface area contributed by atoms with Crippen LogP contribution < -0.4 is 0 Å². The van der Waals surface area contributed by atoms with Gasteiger partial charge in [-0.25, -0.2) is 4.39 Å². The lowest BCUT2D eigenvalue weighted by Gasteiger charge is -1.98. The first kappa shape index (κ1) is 11.7. The number of nitrogens with one attached hydrogen (secondary N) is 1. The summed E-state index contributed by atoms with van der Waals surface area (Å²) < 4.78 is 18.4. The Kier molecular flexibility index (Phi) is 2.50. The number of H-pyrrole nitrogens is 1. The van der Waals surface area contributed by atoms with Gasteiger partial charge in [0.1, 0.15) is 11.3 Å². The van der Waals surface area contributed by atoms with Crippen LogP contribution in [0.25, 0.3) is 33.6 Å². The average Bonchev–Trinajstić information content (AvgIpc) is 3.17. The van der Waals surface area contributed by atoms with Gasteiger partial charge in [0.25, 0.3) is 0 Å². The number of hydrogen-bond acceptors (Lipinski definition) is 5. The molecule has 4 rings (SSSR count). The van der Waals surface area contributed by atoms with Crippen LogP contribution in [-0.4, -0.2) is 25.8 Å². The molecule has 6 nitrogen and oxygen atoms in total. The highest BCUT2D eigenvalue weighted by Gasteiger charge is 2.13. The summed E-state index contributed by atoms with van der Waals surface area (Å²) in [5.74, 6) is 0.772. The number of aromatic amines is 1. The standard InChI is InChI=1S/C14H8FN5O.H2/c15-10-4-1-8(2-5-10)13-11-7-9(14-16-19-20-17-14)3-6-12(11)18-21-13;/h1-7H,(H,16,17,19,20);1H. The average molecular weight is 283 g/mol. The number of tetrazole rings is 1. The summed E-state index contributed by atoms with van der Waals surface area (Å²) in [6, 6.07) is 11.6. The van der Waals surface area contributed by atoms with Crippen LogP contribution in [0.5, 0.6) is 0 Å². The number of halogens is 1. The Balaban J connectivity index is 0.00000144. The third-order valence-electron chi connectivity index (χ3n) is 3.19. The number of fused-ring (bicyclic) bond motifs is 1. The molecule has 7 heteroatoms. The molecule has 0 amide bonds. The molecule has 2 heterocycles. The SMILES string of the molecule is Fc1ccc(-c2onc3ccc(-c4nn[nH]n4)cc23)cc1.[HH]. The van der Waals surface area contributed by atoms with Crippen molar-refractivity contribution in [2.45, 2.75) is 0 Å². The van der Waals surface area contributed by atoms with Crippen molar-refractivity contribution >= 4 is 10.9 Å². The van der Waals surface area contributed by atoms with Gasteiger partial charge in [-0.15, -0.1) is 10.2 Å². The highest BCUT2D eigenvalue weighted by atomic mass is 19.1. The van der Waals surface area contributed by atoms with Gasteiger partial charge in [-0.2, -0.15) is 5.21 Å². The van der Waals surface area contributed by atoms with Crippen LogP contribution >= 0.6 is 0 Å². The molecule has 21 heavy (non-hydrogen) atoms. The fourth-order valence-corrected chi connectivity index (χ4v) is 2.17. The Hall–Kier alpha value is -3.09. The van der Waals surface area contributed by atoms with Gasteiger partial charge in [0.15, 0.2) is 5.76 Å². The minimum absolute atomic E-state index is 0. The molecule has 0 aliphatic carbocycles. The van der Waals surface area contributed by atoms with E-state index < -0.39 is 0 Å². The number of nitrogens with zero attached hydrogens (tertiary/aromatic N) is 4. The quantitative estimate of drug-likeness (QED) is 0.611. The molecule has 0 fully saturated rings. The highest BCUT2D eigenvalue weighted by Crippen LogP contribution is 2.31. The van der Waals surface area contributed by atoms with Crippen LogP contribution in [0.1, 0.15) is 1.43 Å². The lowest BCUT2D eigenvalue weighted by atomic mass is 10.1. The van der Waals surface area contributed by atoms with E-state index in [1.165, 1.54) is 12.1 Å². The van der Waals surface area contributed by atoms with Crippen LogP contribution in [0.4, 0.5) is 4.39 Å². The molecule has 0 aliphatic heterocycles. The predicted molar refractivity (Wildman–Crippen MR) is 74.7 cm³/mol. The smallest absolute Gasteiger partial charge is 0.204 e. The second kappa shape index (κ2) is 4.48. The zero-order valence-corrected chi connectivity index (χ0v) is 10.6. The van der Waals surface area contributed by atoms with E-state index in [0.29, 0.717) is 17.1 Å². The lowest BCUT2D eigenvalue weighted by Crippen LogP contribution is -1.82. The molecule has 1 N–H and O–H groups in total. The summed E-state index contributed by atoms with van der Waals surface area (Å²) in [5.41, 5.74) is 2.26. The van der Waals surface area contributed by atoms with Crippen molar-refractivity contribution in [3.8, 4) is 22.7 Å². The van der Waals surface area contributed by atoms with Crippen molar-refractivity contribution in [3.05, 3.63) is 48.3 Å². The second-order valence-corrected chi connectivity index (χ2v) is 4.49. The molecule has 0 radical (unpaired) electrons. The molecule has 0 atom stereocenters. The van der Waals surface area contributed by atoms with Gasteiger partial charge in [-0.05, 0) is 47.7 Å². The third kappa shape index (κ3) is 1.95. The van der Waals surface area contributed by atoms with Gasteiger partial charge in [0.2, 0.25) is 5.82 Å². The topological polar surface area (TPSA) is 80.5 Å². The summed E-state index contributed by atoms with van der Waals surface area (Å²) in [6.45, 7) is 0. The van der Waals surface area contributed by atoms with Crippen LogP contribution in [0, 0.1) is 5.82 Å². The fourth-order valence-electron chi connectivity index (χ4n) is 2.17. The van der Waals surface area contributed by atoms with E-state index >= 15 is 0 Å². The molecular formula is C14H10FN5O. The largest absolute Gasteiger partial charge is 0.355 e. The van der Waals surface area contributed by atoms with Gasteiger partial charge in [-0.1, -0.05) is 5.16 Å². The number of hydrogen-bond donors (Lipinski definition) is 1. The molecule has 0 saturated carbocycles. The summed E-state index contributed by atoms with van der Waals surface area (Å²) in [7, 11) is 0. The van der Waals surface area contributed by atoms with E-state index in [0.717, 1.165) is 16.5 Å². The number of aromatic nitrogens is 5. The van der Waals surface area contributed by atoms with E-state index in [1.807, 2.05) is 18.2 Å². The van der Waals surface area contributed by atoms with E-state index in [-0.39, 0.29) is 7.24 Å². The Morgan fingerprint density at radius 2 is 1.86 bits per heavy atom. The van der Waals surface area contributed by atoms with Gasteiger partial charge in [-0.3, -0.25) is 0 Å². The molecule has 2 aromatic carbocycles.